The monoisotopic (exact) mass is 324 g/mol. The van der Waals surface area contributed by atoms with E-state index in [1.165, 1.54) is 0 Å². The zero-order chi connectivity index (χ0) is 16.5. The number of likely N-dealkylation sites (tertiary alicyclic amines) is 1. The van der Waals surface area contributed by atoms with Gasteiger partial charge >= 0.3 is 5.97 Å². The lowest BCUT2D eigenvalue weighted by Gasteiger charge is -2.25. The van der Waals surface area contributed by atoms with Crippen LogP contribution in [0.1, 0.15) is 25.8 Å². The summed E-state index contributed by atoms with van der Waals surface area (Å²) in [6, 6.07) is 4.95. The minimum absolute atomic E-state index is 0.153. The molecule has 0 bridgehead atoms. The fourth-order valence-corrected chi connectivity index (χ4v) is 2.81. The molecule has 0 aromatic heterocycles. The van der Waals surface area contributed by atoms with Crippen LogP contribution in [0.2, 0.25) is 5.02 Å². The molecule has 1 aromatic rings. The van der Waals surface area contributed by atoms with Crippen LogP contribution in [0.15, 0.2) is 18.2 Å². The van der Waals surface area contributed by atoms with E-state index in [1.807, 2.05) is 17.9 Å². The van der Waals surface area contributed by atoms with Crippen LogP contribution < -0.4 is 5.32 Å². The molecule has 6 heteroatoms. The van der Waals surface area contributed by atoms with Gasteiger partial charge in [0, 0.05) is 23.8 Å². The van der Waals surface area contributed by atoms with Gasteiger partial charge in [0.2, 0.25) is 5.91 Å². The molecule has 1 amide bonds. The van der Waals surface area contributed by atoms with E-state index in [2.05, 4.69) is 5.32 Å². The van der Waals surface area contributed by atoms with Gasteiger partial charge in [-0.15, -0.1) is 0 Å². The van der Waals surface area contributed by atoms with E-state index in [-0.39, 0.29) is 11.9 Å². The number of hydrogen-bond acceptors (Lipinski definition) is 3. The maximum absolute atomic E-state index is 12.4. The van der Waals surface area contributed by atoms with Crippen LogP contribution >= 0.6 is 11.6 Å². The third-order valence-corrected chi connectivity index (χ3v) is 4.64. The molecule has 5 nitrogen and oxygen atoms in total. The predicted octanol–water partition coefficient (Wildman–Crippen LogP) is 2.77. The van der Waals surface area contributed by atoms with Crippen LogP contribution in [0.5, 0.6) is 0 Å². The van der Waals surface area contributed by atoms with Crippen LogP contribution in [0.4, 0.5) is 5.69 Å². The van der Waals surface area contributed by atoms with Crippen LogP contribution in [0.3, 0.4) is 0 Å². The summed E-state index contributed by atoms with van der Waals surface area (Å²) >= 11 is 5.95. The standard InChI is InChI=1S/C16H21ClN2O3/c1-10-4-5-12(17)8-13(10)18-14(20)11(2)19-7-6-16(3,9-19)15(21)22/h4-5,8,11H,6-7,9H2,1-3H3,(H,18,20)(H,21,22). The quantitative estimate of drug-likeness (QED) is 0.893. The maximum atomic E-state index is 12.4. The Morgan fingerprint density at radius 2 is 2.14 bits per heavy atom. The van der Waals surface area contributed by atoms with E-state index in [4.69, 9.17) is 11.6 Å². The summed E-state index contributed by atoms with van der Waals surface area (Å²) < 4.78 is 0. The minimum atomic E-state index is -0.812. The maximum Gasteiger partial charge on any atom is 0.310 e. The molecule has 1 aromatic carbocycles. The van der Waals surface area contributed by atoms with Crippen molar-refractivity contribution in [2.24, 2.45) is 5.41 Å². The first-order valence-corrected chi connectivity index (χ1v) is 7.65. The van der Waals surface area contributed by atoms with Crippen molar-refractivity contribution >= 4 is 29.2 Å². The van der Waals surface area contributed by atoms with Crippen LogP contribution in [0, 0.1) is 12.3 Å². The molecule has 0 saturated carbocycles. The highest BCUT2D eigenvalue weighted by molar-refractivity contribution is 6.31. The molecule has 2 rings (SSSR count). The highest BCUT2D eigenvalue weighted by Gasteiger charge is 2.42. The topological polar surface area (TPSA) is 69.6 Å². The molecular weight excluding hydrogens is 304 g/mol. The zero-order valence-corrected chi connectivity index (χ0v) is 13.8. The molecule has 1 aliphatic heterocycles. The molecule has 0 radical (unpaired) electrons. The van der Waals surface area contributed by atoms with Crippen LogP contribution in [-0.2, 0) is 9.59 Å². The highest BCUT2D eigenvalue weighted by atomic mass is 35.5. The molecule has 1 heterocycles. The first kappa shape index (κ1) is 16.8. The Balaban J connectivity index is 2.04. The molecule has 22 heavy (non-hydrogen) atoms. The Labute approximate surface area is 135 Å². The van der Waals surface area contributed by atoms with Gasteiger partial charge in [-0.1, -0.05) is 17.7 Å². The summed E-state index contributed by atoms with van der Waals surface area (Å²) in [7, 11) is 0. The minimum Gasteiger partial charge on any atom is -0.481 e. The SMILES string of the molecule is Cc1ccc(Cl)cc1NC(=O)C(C)N1CCC(C)(C(=O)O)C1. The largest absolute Gasteiger partial charge is 0.481 e. The van der Waals surface area contributed by atoms with Gasteiger partial charge in [0.15, 0.2) is 0 Å². The summed E-state index contributed by atoms with van der Waals surface area (Å²) in [6.45, 7) is 6.40. The molecule has 2 unspecified atom stereocenters. The Morgan fingerprint density at radius 1 is 1.45 bits per heavy atom. The van der Waals surface area contributed by atoms with Gasteiger partial charge < -0.3 is 10.4 Å². The number of carboxylic acid groups (broad SMARTS) is 1. The number of aliphatic carboxylic acids is 1. The van der Waals surface area contributed by atoms with Crippen molar-refractivity contribution in [3.8, 4) is 0 Å². The fourth-order valence-electron chi connectivity index (χ4n) is 2.63. The molecule has 0 spiro atoms. The van der Waals surface area contributed by atoms with E-state index in [0.717, 1.165) is 5.56 Å². The average Bonchev–Trinajstić information content (AvgIpc) is 2.86. The number of amides is 1. The Kier molecular flexibility index (Phi) is 4.78. The van der Waals surface area contributed by atoms with Gasteiger partial charge in [-0.25, -0.2) is 0 Å². The van der Waals surface area contributed by atoms with Gasteiger partial charge in [0.25, 0.3) is 0 Å². The van der Waals surface area contributed by atoms with Gasteiger partial charge in [0.05, 0.1) is 11.5 Å². The van der Waals surface area contributed by atoms with Crippen molar-refractivity contribution in [2.75, 3.05) is 18.4 Å². The van der Waals surface area contributed by atoms with Gasteiger partial charge in [-0.2, -0.15) is 0 Å². The number of benzene rings is 1. The normalized spacial score (nSPS) is 23.3. The summed E-state index contributed by atoms with van der Waals surface area (Å²) in [5.41, 5.74) is 0.840. The van der Waals surface area contributed by atoms with E-state index >= 15 is 0 Å². The van der Waals surface area contributed by atoms with Crippen molar-refractivity contribution in [1.82, 2.24) is 4.90 Å². The first-order valence-electron chi connectivity index (χ1n) is 7.27. The van der Waals surface area contributed by atoms with E-state index in [0.29, 0.717) is 30.2 Å². The van der Waals surface area contributed by atoms with E-state index in [1.54, 1.807) is 26.0 Å². The highest BCUT2D eigenvalue weighted by Crippen LogP contribution is 2.31. The zero-order valence-electron chi connectivity index (χ0n) is 13.0. The lowest BCUT2D eigenvalue weighted by Crippen LogP contribution is -2.42. The summed E-state index contributed by atoms with van der Waals surface area (Å²) in [6.07, 6.45) is 0.552. The predicted molar refractivity (Wildman–Crippen MR) is 86.2 cm³/mol. The van der Waals surface area contributed by atoms with Gasteiger partial charge in [-0.05, 0) is 44.9 Å². The molecule has 1 fully saturated rings. The van der Waals surface area contributed by atoms with Crippen LogP contribution in [-0.4, -0.2) is 41.0 Å². The lowest BCUT2D eigenvalue weighted by molar-refractivity contribution is -0.147. The number of hydrogen-bond donors (Lipinski definition) is 2. The molecule has 1 aliphatic rings. The molecule has 120 valence electrons. The van der Waals surface area contributed by atoms with E-state index < -0.39 is 11.4 Å². The van der Waals surface area contributed by atoms with Gasteiger partial charge in [-0.3, -0.25) is 14.5 Å². The Hall–Kier alpha value is -1.59. The smallest absolute Gasteiger partial charge is 0.310 e. The number of carboxylic acids is 1. The molecule has 2 atom stereocenters. The Morgan fingerprint density at radius 3 is 2.73 bits per heavy atom. The number of nitrogens with one attached hydrogen (secondary N) is 1. The van der Waals surface area contributed by atoms with Crippen molar-refractivity contribution in [2.45, 2.75) is 33.2 Å². The van der Waals surface area contributed by atoms with Crippen molar-refractivity contribution in [3.63, 3.8) is 0 Å². The number of anilines is 1. The lowest BCUT2D eigenvalue weighted by atomic mass is 9.90. The summed E-state index contributed by atoms with van der Waals surface area (Å²) in [5, 5.41) is 12.7. The second kappa shape index (κ2) is 6.26. The fraction of sp³-hybridized carbons (Fsp3) is 0.500. The van der Waals surface area contributed by atoms with Crippen molar-refractivity contribution in [3.05, 3.63) is 28.8 Å². The van der Waals surface area contributed by atoms with Gasteiger partial charge in [0.1, 0.15) is 0 Å². The third kappa shape index (κ3) is 3.42. The number of carbonyl (C=O) groups excluding carboxylic acids is 1. The number of aryl methyl sites for hydroxylation is 1. The summed E-state index contributed by atoms with van der Waals surface area (Å²) in [5.74, 6) is -0.965. The van der Waals surface area contributed by atoms with Crippen molar-refractivity contribution < 1.29 is 14.7 Å². The third-order valence-electron chi connectivity index (χ3n) is 4.40. The number of halogens is 1. The second-order valence-electron chi connectivity index (χ2n) is 6.21. The molecular formula is C16H21ClN2O3. The summed E-state index contributed by atoms with van der Waals surface area (Å²) in [4.78, 5) is 25.6. The number of nitrogens with zero attached hydrogens (tertiary/aromatic N) is 1. The van der Waals surface area contributed by atoms with Crippen LogP contribution in [0.25, 0.3) is 0 Å². The van der Waals surface area contributed by atoms with Crippen molar-refractivity contribution in [1.29, 1.82) is 0 Å². The number of carbonyl (C=O) groups is 2. The molecule has 0 aliphatic carbocycles. The van der Waals surface area contributed by atoms with E-state index in [9.17, 15) is 14.7 Å². The second-order valence-corrected chi connectivity index (χ2v) is 6.65. The first-order chi connectivity index (χ1) is 10.2. The number of rotatable bonds is 4. The molecule has 2 N–H and O–H groups in total. The Bertz CT molecular complexity index is 605. The molecule has 1 saturated heterocycles. The average molecular weight is 325 g/mol.